The molecule has 3 aromatic carbocycles. The van der Waals surface area contributed by atoms with E-state index in [9.17, 15) is 8.42 Å². The summed E-state index contributed by atoms with van der Waals surface area (Å²) in [6.45, 7) is 4.74. The van der Waals surface area contributed by atoms with Crippen LogP contribution in [-0.4, -0.2) is 53.1 Å². The highest BCUT2D eigenvalue weighted by atomic mass is 32.2. The predicted octanol–water partition coefficient (Wildman–Crippen LogP) is 3.50. The molecular formula is C24H29N3O2S. The third kappa shape index (κ3) is 4.83. The van der Waals surface area contributed by atoms with Crippen LogP contribution < -0.4 is 9.62 Å². The van der Waals surface area contributed by atoms with Crippen LogP contribution >= 0.6 is 0 Å². The van der Waals surface area contributed by atoms with E-state index in [2.05, 4.69) is 45.8 Å². The van der Waals surface area contributed by atoms with E-state index in [4.69, 9.17) is 0 Å². The number of likely N-dealkylation sites (N-methyl/N-ethyl adjacent to an activating group) is 1. The van der Waals surface area contributed by atoms with Gasteiger partial charge in [0.15, 0.2) is 0 Å². The van der Waals surface area contributed by atoms with E-state index >= 15 is 0 Å². The molecule has 3 aromatic rings. The molecule has 1 saturated heterocycles. The normalized spacial score (nSPS) is 15.6. The second-order valence-electron chi connectivity index (χ2n) is 7.94. The summed E-state index contributed by atoms with van der Waals surface area (Å²) in [6.07, 6.45) is 1.61. The zero-order valence-electron chi connectivity index (χ0n) is 17.4. The van der Waals surface area contributed by atoms with Gasteiger partial charge in [-0.2, -0.15) is 0 Å². The van der Waals surface area contributed by atoms with Gasteiger partial charge >= 0.3 is 0 Å². The standard InChI is InChI=1S/C24H29N3O2S/c1-26-16-18-27(19-17-26)22-13-11-20(12-14-22)6-5-15-25-30(28,29)24-10-4-8-21-7-2-3-9-23(21)24/h2-4,7-14,25H,5-6,15-19H2,1H3. The van der Waals surface area contributed by atoms with Crippen molar-refractivity contribution in [3.63, 3.8) is 0 Å². The maximum Gasteiger partial charge on any atom is 0.241 e. The zero-order valence-corrected chi connectivity index (χ0v) is 18.2. The fourth-order valence-electron chi connectivity index (χ4n) is 3.94. The van der Waals surface area contributed by atoms with Crippen molar-refractivity contribution in [1.29, 1.82) is 0 Å². The van der Waals surface area contributed by atoms with Crippen LogP contribution in [0.5, 0.6) is 0 Å². The fraction of sp³-hybridized carbons (Fsp3) is 0.333. The Morgan fingerprint density at radius 1 is 0.867 bits per heavy atom. The molecule has 1 heterocycles. The summed E-state index contributed by atoms with van der Waals surface area (Å²) in [5.74, 6) is 0. The summed E-state index contributed by atoms with van der Waals surface area (Å²) in [4.78, 5) is 5.11. The number of hydrogen-bond acceptors (Lipinski definition) is 4. The van der Waals surface area contributed by atoms with Crippen molar-refractivity contribution >= 4 is 26.5 Å². The first kappa shape index (κ1) is 20.8. The van der Waals surface area contributed by atoms with Crippen molar-refractivity contribution in [1.82, 2.24) is 9.62 Å². The van der Waals surface area contributed by atoms with Gasteiger partial charge in [0.05, 0.1) is 4.90 Å². The summed E-state index contributed by atoms with van der Waals surface area (Å²) >= 11 is 0. The molecule has 0 unspecified atom stereocenters. The minimum Gasteiger partial charge on any atom is -0.369 e. The molecule has 0 spiro atoms. The highest BCUT2D eigenvalue weighted by Crippen LogP contribution is 2.22. The molecular weight excluding hydrogens is 394 g/mol. The quantitative estimate of drug-likeness (QED) is 0.591. The Morgan fingerprint density at radius 2 is 1.57 bits per heavy atom. The van der Waals surface area contributed by atoms with Gasteiger partial charge < -0.3 is 9.80 Å². The molecule has 0 aromatic heterocycles. The largest absolute Gasteiger partial charge is 0.369 e. The van der Waals surface area contributed by atoms with E-state index in [-0.39, 0.29) is 0 Å². The molecule has 0 saturated carbocycles. The van der Waals surface area contributed by atoms with Gasteiger partial charge in [0.2, 0.25) is 10.0 Å². The van der Waals surface area contributed by atoms with Crippen molar-refractivity contribution in [2.24, 2.45) is 0 Å². The fourth-order valence-corrected chi connectivity index (χ4v) is 5.25. The number of hydrogen-bond donors (Lipinski definition) is 1. The maximum atomic E-state index is 12.8. The molecule has 1 N–H and O–H groups in total. The molecule has 4 rings (SSSR count). The lowest BCUT2D eigenvalue weighted by molar-refractivity contribution is 0.313. The van der Waals surface area contributed by atoms with Crippen LogP contribution in [0.25, 0.3) is 10.8 Å². The van der Waals surface area contributed by atoms with Crippen molar-refractivity contribution in [3.8, 4) is 0 Å². The van der Waals surface area contributed by atoms with E-state index in [0.717, 1.165) is 49.8 Å². The van der Waals surface area contributed by atoms with E-state index in [1.165, 1.54) is 11.3 Å². The molecule has 158 valence electrons. The van der Waals surface area contributed by atoms with Gasteiger partial charge in [0.25, 0.3) is 0 Å². The number of anilines is 1. The highest BCUT2D eigenvalue weighted by Gasteiger charge is 2.16. The number of benzene rings is 3. The van der Waals surface area contributed by atoms with Gasteiger partial charge in [-0.1, -0.05) is 48.5 Å². The van der Waals surface area contributed by atoms with Gasteiger partial charge in [-0.3, -0.25) is 0 Å². The zero-order chi connectivity index (χ0) is 21.0. The second-order valence-corrected chi connectivity index (χ2v) is 9.67. The van der Waals surface area contributed by atoms with E-state index in [1.807, 2.05) is 30.3 Å². The molecule has 0 aliphatic carbocycles. The molecule has 30 heavy (non-hydrogen) atoms. The number of piperazine rings is 1. The first-order chi connectivity index (χ1) is 14.5. The Bertz CT molecular complexity index is 1080. The summed E-state index contributed by atoms with van der Waals surface area (Å²) in [7, 11) is -1.37. The van der Waals surface area contributed by atoms with Crippen molar-refractivity contribution < 1.29 is 8.42 Å². The number of aryl methyl sites for hydroxylation is 1. The van der Waals surface area contributed by atoms with Crippen molar-refractivity contribution in [2.75, 3.05) is 44.7 Å². The SMILES string of the molecule is CN1CCN(c2ccc(CCCNS(=O)(=O)c3cccc4ccccc34)cc2)CC1. The van der Waals surface area contributed by atoms with Crippen LogP contribution in [0.15, 0.2) is 71.6 Å². The Hall–Kier alpha value is -2.41. The maximum absolute atomic E-state index is 12.8. The van der Waals surface area contributed by atoms with Crippen LogP contribution in [0, 0.1) is 0 Å². The number of nitrogens with one attached hydrogen (secondary N) is 1. The number of nitrogens with zero attached hydrogens (tertiary/aromatic N) is 2. The Kier molecular flexibility index (Phi) is 6.37. The minimum atomic E-state index is -3.53. The number of rotatable bonds is 7. The lowest BCUT2D eigenvalue weighted by atomic mass is 10.1. The summed E-state index contributed by atoms with van der Waals surface area (Å²) in [5, 5.41) is 1.69. The average molecular weight is 424 g/mol. The number of fused-ring (bicyclic) bond motifs is 1. The van der Waals surface area contributed by atoms with Crippen LogP contribution in [0.4, 0.5) is 5.69 Å². The molecule has 0 radical (unpaired) electrons. The molecule has 0 atom stereocenters. The summed E-state index contributed by atoms with van der Waals surface area (Å²) in [5.41, 5.74) is 2.50. The topological polar surface area (TPSA) is 52.6 Å². The highest BCUT2D eigenvalue weighted by molar-refractivity contribution is 7.89. The van der Waals surface area contributed by atoms with Crippen LogP contribution in [0.2, 0.25) is 0 Å². The summed E-state index contributed by atoms with van der Waals surface area (Å²) in [6, 6.07) is 21.6. The predicted molar refractivity (Wildman–Crippen MR) is 124 cm³/mol. The molecule has 6 heteroatoms. The van der Waals surface area contributed by atoms with E-state index in [0.29, 0.717) is 11.4 Å². The number of sulfonamides is 1. The average Bonchev–Trinajstić information content (AvgIpc) is 2.77. The second kappa shape index (κ2) is 9.16. The Morgan fingerprint density at radius 3 is 2.33 bits per heavy atom. The molecule has 1 fully saturated rings. The van der Waals surface area contributed by atoms with Crippen molar-refractivity contribution in [3.05, 3.63) is 72.3 Å². The van der Waals surface area contributed by atoms with Gasteiger partial charge in [-0.05, 0) is 49.0 Å². The Balaban J connectivity index is 1.31. The third-order valence-electron chi connectivity index (χ3n) is 5.78. The van der Waals surface area contributed by atoms with Crippen LogP contribution in [0.1, 0.15) is 12.0 Å². The first-order valence-electron chi connectivity index (χ1n) is 10.5. The van der Waals surface area contributed by atoms with Crippen molar-refractivity contribution in [2.45, 2.75) is 17.7 Å². The van der Waals surface area contributed by atoms with Gasteiger partial charge in [0, 0.05) is 43.8 Å². The molecule has 0 amide bonds. The van der Waals surface area contributed by atoms with E-state index < -0.39 is 10.0 Å². The third-order valence-corrected chi connectivity index (χ3v) is 7.30. The minimum absolute atomic E-state index is 0.345. The van der Waals surface area contributed by atoms with Gasteiger partial charge in [-0.25, -0.2) is 13.1 Å². The summed E-state index contributed by atoms with van der Waals surface area (Å²) < 4.78 is 28.3. The smallest absolute Gasteiger partial charge is 0.241 e. The van der Waals surface area contributed by atoms with Crippen LogP contribution in [-0.2, 0) is 16.4 Å². The van der Waals surface area contributed by atoms with Gasteiger partial charge in [0.1, 0.15) is 0 Å². The lowest BCUT2D eigenvalue weighted by Crippen LogP contribution is -2.44. The molecule has 1 aliphatic rings. The lowest BCUT2D eigenvalue weighted by Gasteiger charge is -2.34. The first-order valence-corrected chi connectivity index (χ1v) is 12.0. The Labute approximate surface area is 179 Å². The van der Waals surface area contributed by atoms with Gasteiger partial charge in [-0.15, -0.1) is 0 Å². The van der Waals surface area contributed by atoms with E-state index in [1.54, 1.807) is 12.1 Å². The van der Waals surface area contributed by atoms with Crippen LogP contribution in [0.3, 0.4) is 0 Å². The monoisotopic (exact) mass is 423 g/mol. The molecule has 1 aliphatic heterocycles. The molecule has 0 bridgehead atoms. The molecule has 5 nitrogen and oxygen atoms in total.